The van der Waals surface area contributed by atoms with Gasteiger partial charge in [-0.15, -0.1) is 22.7 Å². The number of aryl methyl sites for hydroxylation is 1. The predicted octanol–water partition coefficient (Wildman–Crippen LogP) is 7.60. The minimum Gasteiger partial charge on any atom is -0.493 e. The van der Waals surface area contributed by atoms with Gasteiger partial charge >= 0.3 is 5.97 Å². The van der Waals surface area contributed by atoms with Gasteiger partial charge in [0.1, 0.15) is 14.7 Å². The summed E-state index contributed by atoms with van der Waals surface area (Å²) in [6, 6.07) is 17.5. The Bertz CT molecular complexity index is 1840. The lowest BCUT2D eigenvalue weighted by molar-refractivity contribution is 0.0526. The molecule has 0 spiro atoms. The van der Waals surface area contributed by atoms with E-state index in [-0.39, 0.29) is 12.5 Å². The van der Waals surface area contributed by atoms with Gasteiger partial charge < -0.3 is 25.3 Å². The number of carbonyl (C=O) groups is 2. The molecule has 1 aliphatic rings. The highest BCUT2D eigenvalue weighted by molar-refractivity contribution is 7.21. The molecule has 0 aliphatic heterocycles. The maximum atomic E-state index is 13.8. The molecule has 1 amide bonds. The number of nitrogens with one attached hydrogen (secondary N) is 1. The number of nitrogen functional groups attached to an aromatic ring is 1. The number of nitrogens with two attached hydrogens (primary N) is 1. The summed E-state index contributed by atoms with van der Waals surface area (Å²) in [5, 5.41) is 4.19. The normalized spacial score (nSPS) is 12.5. The van der Waals surface area contributed by atoms with Gasteiger partial charge in [0.25, 0.3) is 5.91 Å². The van der Waals surface area contributed by atoms with Gasteiger partial charge in [0.2, 0.25) is 0 Å². The van der Waals surface area contributed by atoms with E-state index in [4.69, 9.17) is 24.9 Å². The minimum absolute atomic E-state index is 0.258. The van der Waals surface area contributed by atoms with Gasteiger partial charge in [0, 0.05) is 15.8 Å². The first-order valence-corrected chi connectivity index (χ1v) is 15.7. The first-order chi connectivity index (χ1) is 20.9. The van der Waals surface area contributed by atoms with Crippen molar-refractivity contribution in [3.05, 3.63) is 75.5 Å². The van der Waals surface area contributed by atoms with Gasteiger partial charge in [-0.3, -0.25) is 4.79 Å². The number of benzene rings is 2. The van der Waals surface area contributed by atoms with E-state index in [2.05, 4.69) is 5.32 Å². The lowest BCUT2D eigenvalue weighted by Gasteiger charge is -2.12. The molecule has 0 bridgehead atoms. The smallest absolute Gasteiger partial charge is 0.341 e. The molecule has 43 heavy (non-hydrogen) atoms. The SMILES string of the molecule is CCOC(=O)c1c(NC(=O)c2sc3nc(-c4ccccc4)cc(-c4ccc(OC)c(OC)c4)c3c2N)sc2c1CCCC2. The zero-order valence-corrected chi connectivity index (χ0v) is 25.7. The topological polar surface area (TPSA) is 113 Å². The number of methoxy groups -OCH3 is 2. The van der Waals surface area contributed by atoms with Crippen molar-refractivity contribution >= 4 is 55.5 Å². The van der Waals surface area contributed by atoms with Crippen molar-refractivity contribution in [2.75, 3.05) is 31.9 Å². The molecule has 0 radical (unpaired) electrons. The number of pyridine rings is 1. The number of fused-ring (bicyclic) bond motifs is 2. The molecule has 0 saturated heterocycles. The monoisotopic (exact) mass is 613 g/mol. The number of carbonyl (C=O) groups excluding carboxylic acids is 2. The number of hydrogen-bond donors (Lipinski definition) is 2. The fraction of sp³-hybridized carbons (Fsp3) is 0.242. The molecule has 8 nitrogen and oxygen atoms in total. The van der Waals surface area contributed by atoms with Gasteiger partial charge in [-0.2, -0.15) is 0 Å². The van der Waals surface area contributed by atoms with Crippen LogP contribution in [0.25, 0.3) is 32.6 Å². The first-order valence-electron chi connectivity index (χ1n) is 14.1. The fourth-order valence-corrected chi connectivity index (χ4v) is 7.80. The van der Waals surface area contributed by atoms with Crippen LogP contribution in [0.3, 0.4) is 0 Å². The maximum Gasteiger partial charge on any atom is 0.341 e. The molecule has 5 aromatic rings. The third kappa shape index (κ3) is 5.32. The molecule has 3 heterocycles. The van der Waals surface area contributed by atoms with E-state index in [0.29, 0.717) is 42.8 Å². The molecule has 0 saturated carbocycles. The summed E-state index contributed by atoms with van der Waals surface area (Å²) in [6.45, 7) is 2.04. The van der Waals surface area contributed by atoms with Crippen LogP contribution in [-0.4, -0.2) is 37.7 Å². The van der Waals surface area contributed by atoms with Crippen LogP contribution >= 0.6 is 22.7 Å². The Morgan fingerprint density at radius 2 is 1.72 bits per heavy atom. The van der Waals surface area contributed by atoms with E-state index < -0.39 is 5.97 Å². The summed E-state index contributed by atoms with van der Waals surface area (Å²) in [5.74, 6) is 0.385. The highest BCUT2D eigenvalue weighted by Gasteiger charge is 2.29. The van der Waals surface area contributed by atoms with Crippen molar-refractivity contribution < 1.29 is 23.8 Å². The number of anilines is 2. The molecule has 0 unspecified atom stereocenters. The molecule has 0 atom stereocenters. The second-order valence-electron chi connectivity index (χ2n) is 10.1. The van der Waals surface area contributed by atoms with Crippen molar-refractivity contribution in [3.8, 4) is 33.9 Å². The number of amides is 1. The third-order valence-electron chi connectivity index (χ3n) is 7.55. The highest BCUT2D eigenvalue weighted by Crippen LogP contribution is 2.44. The lowest BCUT2D eigenvalue weighted by atomic mass is 9.95. The Labute approximate surface area is 257 Å². The molecular formula is C33H31N3O5S2. The van der Waals surface area contributed by atoms with Crippen LogP contribution < -0.4 is 20.5 Å². The molecular weight excluding hydrogens is 583 g/mol. The first kappa shape index (κ1) is 28.7. The van der Waals surface area contributed by atoms with Crippen LogP contribution in [0.15, 0.2) is 54.6 Å². The Hall–Kier alpha value is -4.41. The maximum absolute atomic E-state index is 13.8. The number of aromatic nitrogens is 1. The predicted molar refractivity (Wildman–Crippen MR) is 173 cm³/mol. The van der Waals surface area contributed by atoms with Gasteiger partial charge in [0.05, 0.1) is 37.8 Å². The van der Waals surface area contributed by atoms with Crippen molar-refractivity contribution in [2.45, 2.75) is 32.6 Å². The fourth-order valence-electron chi connectivity index (χ4n) is 5.51. The Kier molecular flexibility index (Phi) is 8.05. The molecule has 6 rings (SSSR count). The average molecular weight is 614 g/mol. The minimum atomic E-state index is -0.411. The summed E-state index contributed by atoms with van der Waals surface area (Å²) in [6.07, 6.45) is 3.73. The Balaban J connectivity index is 1.48. The third-order valence-corrected chi connectivity index (χ3v) is 9.85. The largest absolute Gasteiger partial charge is 0.493 e. The number of esters is 1. The average Bonchev–Trinajstić information content (AvgIpc) is 3.57. The van der Waals surface area contributed by atoms with Gasteiger partial charge in [0.15, 0.2) is 11.5 Å². The van der Waals surface area contributed by atoms with Crippen LogP contribution in [-0.2, 0) is 17.6 Å². The van der Waals surface area contributed by atoms with Crippen molar-refractivity contribution in [2.24, 2.45) is 0 Å². The van der Waals surface area contributed by atoms with Crippen molar-refractivity contribution in [1.29, 1.82) is 0 Å². The van der Waals surface area contributed by atoms with Crippen molar-refractivity contribution in [3.63, 3.8) is 0 Å². The lowest BCUT2D eigenvalue weighted by Crippen LogP contribution is -2.15. The van der Waals surface area contributed by atoms with E-state index in [1.165, 1.54) is 22.7 Å². The van der Waals surface area contributed by atoms with E-state index in [9.17, 15) is 9.59 Å². The zero-order valence-electron chi connectivity index (χ0n) is 24.1. The quantitative estimate of drug-likeness (QED) is 0.173. The molecule has 3 aromatic heterocycles. The number of hydrogen-bond acceptors (Lipinski definition) is 9. The summed E-state index contributed by atoms with van der Waals surface area (Å²) >= 11 is 2.68. The van der Waals surface area contributed by atoms with E-state index in [0.717, 1.165) is 58.5 Å². The van der Waals surface area contributed by atoms with Gasteiger partial charge in [-0.05, 0) is 67.5 Å². The molecule has 0 fully saturated rings. The number of ether oxygens (including phenoxy) is 3. The standard InChI is InChI=1S/C33H31N3O5S2/c1-4-41-33(38)27-20-12-8-9-13-25(20)42-32(27)36-30(37)29-28(34)26-21(19-14-15-23(39-2)24(16-19)40-3)17-22(35-31(26)43-29)18-10-6-5-7-11-18/h5-7,10-11,14-17H,4,8-9,12-13,34H2,1-3H3,(H,36,37). The summed E-state index contributed by atoms with van der Waals surface area (Å²) in [5.41, 5.74) is 11.9. The van der Waals surface area contributed by atoms with Crippen LogP contribution in [0.1, 0.15) is 50.2 Å². The van der Waals surface area contributed by atoms with Gasteiger partial charge in [-0.25, -0.2) is 9.78 Å². The van der Waals surface area contributed by atoms with Gasteiger partial charge in [-0.1, -0.05) is 36.4 Å². The van der Waals surface area contributed by atoms with Crippen LogP contribution in [0.4, 0.5) is 10.7 Å². The summed E-state index contributed by atoms with van der Waals surface area (Å²) in [4.78, 5) is 33.8. The molecule has 1 aliphatic carbocycles. The molecule has 3 N–H and O–H groups in total. The second-order valence-corrected chi connectivity index (χ2v) is 12.2. The number of thiophene rings is 2. The molecule has 2 aromatic carbocycles. The van der Waals surface area contributed by atoms with E-state index >= 15 is 0 Å². The summed E-state index contributed by atoms with van der Waals surface area (Å²) in [7, 11) is 3.18. The van der Waals surface area contributed by atoms with E-state index in [1.54, 1.807) is 21.1 Å². The van der Waals surface area contributed by atoms with Crippen molar-refractivity contribution in [1.82, 2.24) is 4.98 Å². The van der Waals surface area contributed by atoms with Crippen LogP contribution in [0.5, 0.6) is 11.5 Å². The summed E-state index contributed by atoms with van der Waals surface area (Å²) < 4.78 is 16.4. The van der Waals surface area contributed by atoms with Crippen LogP contribution in [0, 0.1) is 0 Å². The zero-order chi connectivity index (χ0) is 30.1. The molecule has 10 heteroatoms. The van der Waals surface area contributed by atoms with Crippen LogP contribution in [0.2, 0.25) is 0 Å². The Morgan fingerprint density at radius 3 is 2.47 bits per heavy atom. The number of rotatable bonds is 8. The second kappa shape index (κ2) is 12.1. The Morgan fingerprint density at radius 1 is 0.953 bits per heavy atom. The molecule has 220 valence electrons. The highest BCUT2D eigenvalue weighted by atomic mass is 32.1. The van der Waals surface area contributed by atoms with E-state index in [1.807, 2.05) is 54.6 Å². The number of nitrogens with zero attached hydrogens (tertiary/aromatic N) is 1.